The lowest BCUT2D eigenvalue weighted by Gasteiger charge is -2.16. The number of carbonyl (C=O) groups excluding carboxylic acids is 1. The SMILES string of the molecule is Cc1cc(C(O)C(O)C(N)=O)c(F)cc1Cl. The Kier molecular flexibility index (Phi) is 3.85. The van der Waals surface area contributed by atoms with E-state index < -0.39 is 23.9 Å². The van der Waals surface area contributed by atoms with Gasteiger partial charge in [-0.2, -0.15) is 0 Å². The number of rotatable bonds is 3. The molecule has 0 aliphatic carbocycles. The first-order valence-electron chi connectivity index (χ1n) is 4.45. The van der Waals surface area contributed by atoms with Gasteiger partial charge in [0, 0.05) is 10.6 Å². The fraction of sp³-hybridized carbons (Fsp3) is 0.300. The molecule has 0 spiro atoms. The van der Waals surface area contributed by atoms with Gasteiger partial charge < -0.3 is 15.9 Å². The highest BCUT2D eigenvalue weighted by atomic mass is 35.5. The van der Waals surface area contributed by atoms with E-state index in [0.717, 1.165) is 6.07 Å². The molecule has 0 bridgehead atoms. The molecule has 0 aliphatic rings. The fourth-order valence-corrected chi connectivity index (χ4v) is 1.38. The molecule has 6 heteroatoms. The van der Waals surface area contributed by atoms with Crippen molar-refractivity contribution in [3.05, 3.63) is 34.1 Å². The molecule has 16 heavy (non-hydrogen) atoms. The van der Waals surface area contributed by atoms with Crippen LogP contribution in [0.25, 0.3) is 0 Å². The predicted octanol–water partition coefficient (Wildman–Crippen LogP) is 0.667. The van der Waals surface area contributed by atoms with Crippen LogP contribution in [0.1, 0.15) is 17.2 Å². The number of aliphatic hydroxyl groups is 2. The van der Waals surface area contributed by atoms with Gasteiger partial charge in [0.2, 0.25) is 5.91 Å². The van der Waals surface area contributed by atoms with Crippen LogP contribution in [-0.4, -0.2) is 22.2 Å². The van der Waals surface area contributed by atoms with Crippen LogP contribution >= 0.6 is 11.6 Å². The number of aryl methyl sites for hydroxylation is 1. The van der Waals surface area contributed by atoms with Gasteiger partial charge in [-0.05, 0) is 24.6 Å². The Morgan fingerprint density at radius 3 is 2.56 bits per heavy atom. The largest absolute Gasteiger partial charge is 0.385 e. The number of primary amides is 1. The predicted molar refractivity (Wildman–Crippen MR) is 56.3 cm³/mol. The maximum Gasteiger partial charge on any atom is 0.249 e. The van der Waals surface area contributed by atoms with E-state index in [9.17, 15) is 19.4 Å². The van der Waals surface area contributed by atoms with Crippen LogP contribution in [0.5, 0.6) is 0 Å². The van der Waals surface area contributed by atoms with E-state index in [1.54, 1.807) is 6.92 Å². The average molecular weight is 248 g/mol. The monoisotopic (exact) mass is 247 g/mol. The van der Waals surface area contributed by atoms with E-state index in [2.05, 4.69) is 0 Å². The van der Waals surface area contributed by atoms with Gasteiger partial charge >= 0.3 is 0 Å². The quantitative estimate of drug-likeness (QED) is 0.734. The van der Waals surface area contributed by atoms with Gasteiger partial charge in [-0.15, -0.1) is 0 Å². The van der Waals surface area contributed by atoms with E-state index in [0.29, 0.717) is 5.56 Å². The molecule has 0 aliphatic heterocycles. The second-order valence-electron chi connectivity index (χ2n) is 3.41. The molecular formula is C10H11ClFNO3. The van der Waals surface area contributed by atoms with Crippen LogP contribution in [0.15, 0.2) is 12.1 Å². The van der Waals surface area contributed by atoms with E-state index in [4.69, 9.17) is 17.3 Å². The van der Waals surface area contributed by atoms with Crippen molar-refractivity contribution in [3.63, 3.8) is 0 Å². The summed E-state index contributed by atoms with van der Waals surface area (Å²) < 4.78 is 13.4. The second kappa shape index (κ2) is 4.78. The molecule has 0 saturated heterocycles. The van der Waals surface area contributed by atoms with Crippen LogP contribution in [-0.2, 0) is 4.79 Å². The molecule has 0 radical (unpaired) electrons. The summed E-state index contributed by atoms with van der Waals surface area (Å²) >= 11 is 5.66. The summed E-state index contributed by atoms with van der Waals surface area (Å²) in [5.74, 6) is -1.93. The van der Waals surface area contributed by atoms with Crippen molar-refractivity contribution in [2.75, 3.05) is 0 Å². The summed E-state index contributed by atoms with van der Waals surface area (Å²) in [6.45, 7) is 1.61. The van der Waals surface area contributed by atoms with Gasteiger partial charge in [-0.3, -0.25) is 4.79 Å². The number of amides is 1. The minimum atomic E-state index is -1.85. The summed E-state index contributed by atoms with van der Waals surface area (Å²) in [6.07, 6.45) is -3.55. The lowest BCUT2D eigenvalue weighted by atomic mass is 10.0. The lowest BCUT2D eigenvalue weighted by molar-refractivity contribution is -0.132. The molecule has 2 atom stereocenters. The van der Waals surface area contributed by atoms with Crippen molar-refractivity contribution in [1.82, 2.24) is 0 Å². The molecule has 1 aromatic rings. The van der Waals surface area contributed by atoms with Crippen LogP contribution in [0.3, 0.4) is 0 Å². The first kappa shape index (κ1) is 12.9. The molecule has 0 aromatic heterocycles. The van der Waals surface area contributed by atoms with Gasteiger partial charge in [0.1, 0.15) is 11.9 Å². The molecule has 0 fully saturated rings. The van der Waals surface area contributed by atoms with Crippen LogP contribution < -0.4 is 5.73 Å². The molecule has 88 valence electrons. The maximum atomic E-state index is 13.4. The molecule has 2 unspecified atom stereocenters. The van der Waals surface area contributed by atoms with E-state index in [1.807, 2.05) is 0 Å². The Morgan fingerprint density at radius 2 is 2.06 bits per heavy atom. The standard InChI is InChI=1S/C10H11ClFNO3/c1-4-2-5(7(12)3-6(4)11)8(14)9(15)10(13)16/h2-3,8-9,14-15H,1H3,(H2,13,16). The first-order valence-corrected chi connectivity index (χ1v) is 4.83. The zero-order valence-electron chi connectivity index (χ0n) is 8.45. The molecule has 4 nitrogen and oxygen atoms in total. The molecule has 4 N–H and O–H groups in total. The lowest BCUT2D eigenvalue weighted by Crippen LogP contribution is -2.34. The molecule has 1 rings (SSSR count). The first-order chi connectivity index (χ1) is 7.34. The number of aliphatic hydroxyl groups excluding tert-OH is 2. The normalized spacial score (nSPS) is 14.6. The third kappa shape index (κ3) is 2.49. The minimum absolute atomic E-state index is 0.196. The van der Waals surface area contributed by atoms with Gasteiger partial charge in [0.05, 0.1) is 0 Å². The third-order valence-electron chi connectivity index (χ3n) is 2.19. The zero-order valence-corrected chi connectivity index (χ0v) is 9.20. The molecule has 1 aromatic carbocycles. The zero-order chi connectivity index (χ0) is 12.5. The summed E-state index contributed by atoms with van der Waals surface area (Å²) in [4.78, 5) is 10.6. The number of carbonyl (C=O) groups is 1. The molecular weight excluding hydrogens is 237 g/mol. The van der Waals surface area contributed by atoms with Crippen LogP contribution in [0.4, 0.5) is 4.39 Å². The summed E-state index contributed by atoms with van der Waals surface area (Å²) in [5.41, 5.74) is 5.10. The molecule has 0 saturated carbocycles. The van der Waals surface area contributed by atoms with Crippen molar-refractivity contribution < 1.29 is 19.4 Å². The number of hydrogen-bond acceptors (Lipinski definition) is 3. The van der Waals surface area contributed by atoms with E-state index in [1.165, 1.54) is 6.07 Å². The van der Waals surface area contributed by atoms with Gasteiger partial charge in [0.25, 0.3) is 0 Å². The molecule has 1 amide bonds. The van der Waals surface area contributed by atoms with Crippen molar-refractivity contribution in [1.29, 1.82) is 0 Å². The number of hydrogen-bond donors (Lipinski definition) is 3. The Hall–Kier alpha value is -1.17. The minimum Gasteiger partial charge on any atom is -0.385 e. The Labute approximate surface area is 96.4 Å². The van der Waals surface area contributed by atoms with Crippen LogP contribution in [0.2, 0.25) is 5.02 Å². The Bertz CT molecular complexity index is 425. The topological polar surface area (TPSA) is 83.6 Å². The van der Waals surface area contributed by atoms with Gasteiger partial charge in [0.15, 0.2) is 6.10 Å². The van der Waals surface area contributed by atoms with E-state index in [-0.39, 0.29) is 10.6 Å². The highest BCUT2D eigenvalue weighted by Crippen LogP contribution is 2.26. The van der Waals surface area contributed by atoms with Gasteiger partial charge in [-0.25, -0.2) is 4.39 Å². The van der Waals surface area contributed by atoms with Crippen molar-refractivity contribution >= 4 is 17.5 Å². The average Bonchev–Trinajstić information content (AvgIpc) is 2.21. The fourth-order valence-electron chi connectivity index (χ4n) is 1.23. The van der Waals surface area contributed by atoms with Crippen molar-refractivity contribution in [3.8, 4) is 0 Å². The van der Waals surface area contributed by atoms with Crippen molar-refractivity contribution in [2.45, 2.75) is 19.1 Å². The highest BCUT2D eigenvalue weighted by molar-refractivity contribution is 6.31. The third-order valence-corrected chi connectivity index (χ3v) is 2.59. The maximum absolute atomic E-state index is 13.4. The van der Waals surface area contributed by atoms with Crippen molar-refractivity contribution in [2.24, 2.45) is 5.73 Å². The Morgan fingerprint density at radius 1 is 1.50 bits per heavy atom. The summed E-state index contributed by atoms with van der Waals surface area (Å²) in [7, 11) is 0. The molecule has 0 heterocycles. The number of nitrogens with two attached hydrogens (primary N) is 1. The number of benzene rings is 1. The van der Waals surface area contributed by atoms with E-state index >= 15 is 0 Å². The summed E-state index contributed by atoms with van der Waals surface area (Å²) in [5, 5.41) is 18.9. The smallest absolute Gasteiger partial charge is 0.249 e. The number of halogens is 2. The summed E-state index contributed by atoms with van der Waals surface area (Å²) in [6, 6.07) is 2.26. The highest BCUT2D eigenvalue weighted by Gasteiger charge is 2.26. The second-order valence-corrected chi connectivity index (χ2v) is 3.82. The Balaban J connectivity index is 3.13. The van der Waals surface area contributed by atoms with Crippen LogP contribution in [0, 0.1) is 12.7 Å². The van der Waals surface area contributed by atoms with Gasteiger partial charge in [-0.1, -0.05) is 11.6 Å².